The van der Waals surface area contributed by atoms with Gasteiger partial charge in [0.1, 0.15) is 25.4 Å². The number of hydrogen-bond acceptors (Lipinski definition) is 17. The maximum absolute atomic E-state index is 14.9. The summed E-state index contributed by atoms with van der Waals surface area (Å²) in [6.07, 6.45) is -14.8. The number of carbonyl (C=O) groups is 5. The lowest BCUT2D eigenvalue weighted by Gasteiger charge is -2.42. The van der Waals surface area contributed by atoms with Crippen LogP contribution in [0.1, 0.15) is 41.5 Å². The molecule has 82 heavy (non-hydrogen) atoms. The largest absolute Gasteiger partial charge is 0.460 e. The van der Waals surface area contributed by atoms with Gasteiger partial charge in [-0.3, -0.25) is 28.9 Å². The summed E-state index contributed by atoms with van der Waals surface area (Å²) in [6, 6.07) is 0. The number of anilines is 1. The molecule has 0 saturated carbocycles. The van der Waals surface area contributed by atoms with E-state index in [0.29, 0.717) is 19.6 Å². The van der Waals surface area contributed by atoms with Crippen LogP contribution in [0.2, 0.25) is 0 Å². The molecule has 474 valence electrons. The molecule has 1 aliphatic rings. The second-order valence-electron chi connectivity index (χ2n) is 18.5. The molecule has 1 heterocycles. The molecule has 0 aliphatic carbocycles. The number of carbonyl (C=O) groups excluding carboxylic acids is 5. The number of esters is 1. The number of aliphatic hydroxyl groups is 8. The van der Waals surface area contributed by atoms with Gasteiger partial charge in [0.25, 0.3) is 27.7 Å². The number of alkyl halides is 15. The number of nitrogens with zero attached hydrogens (tertiary/aromatic N) is 5. The molecule has 0 bridgehead atoms. The minimum absolute atomic E-state index is 0.331. The van der Waals surface area contributed by atoms with Crippen molar-refractivity contribution in [3.8, 4) is 0 Å². The van der Waals surface area contributed by atoms with Gasteiger partial charge in [0.2, 0.25) is 5.91 Å². The van der Waals surface area contributed by atoms with E-state index in [1.807, 2.05) is 0 Å². The second kappa shape index (κ2) is 28.4. The summed E-state index contributed by atoms with van der Waals surface area (Å²) in [5.74, 6) is -49.3. The van der Waals surface area contributed by atoms with Crippen molar-refractivity contribution in [1.29, 1.82) is 0 Å². The molecule has 4 atom stereocenters. The Kier molecular flexibility index (Phi) is 26.1. The number of piperazine rings is 1. The number of sulfonamides is 1. The molecule has 2 rings (SSSR count). The highest BCUT2D eigenvalue weighted by atomic mass is 127. The van der Waals surface area contributed by atoms with Crippen molar-refractivity contribution in [1.82, 2.24) is 19.0 Å². The minimum Gasteiger partial charge on any atom is -0.459 e. The molecule has 1 aromatic rings. The fraction of sp³-hybridized carbons (Fsp3) is 0.732. The zero-order chi connectivity index (χ0) is 64.1. The van der Waals surface area contributed by atoms with Gasteiger partial charge < -0.3 is 65.0 Å². The van der Waals surface area contributed by atoms with E-state index in [4.69, 9.17) is 9.47 Å². The molecule has 1 aliphatic heterocycles. The molecule has 0 radical (unpaired) electrons. The summed E-state index contributed by atoms with van der Waals surface area (Å²) < 4.78 is 241. The molecule has 1 fully saturated rings. The van der Waals surface area contributed by atoms with Crippen molar-refractivity contribution in [2.45, 2.75) is 91.8 Å². The number of aliphatic hydroxyl groups excluding tert-OH is 8. The van der Waals surface area contributed by atoms with Gasteiger partial charge in [-0.1, -0.05) is 0 Å². The van der Waals surface area contributed by atoms with E-state index < -0.39 is 230 Å². The summed E-state index contributed by atoms with van der Waals surface area (Å²) in [6.45, 7) is -12.7. The van der Waals surface area contributed by atoms with Crippen molar-refractivity contribution in [3.05, 3.63) is 21.8 Å². The van der Waals surface area contributed by atoms with E-state index in [9.17, 15) is 139 Å². The normalized spacial score (nSPS) is 16.3. The quantitative estimate of drug-likeness (QED) is 0.0333. The first-order valence-corrected chi connectivity index (χ1v) is 27.4. The topological polar surface area (TPSA) is 316 Å². The first-order valence-electron chi connectivity index (χ1n) is 22.7. The number of benzene rings is 1. The van der Waals surface area contributed by atoms with Gasteiger partial charge in [-0.25, -0.2) is 8.42 Å². The smallest absolute Gasteiger partial charge is 0.459 e. The molecule has 0 spiro atoms. The van der Waals surface area contributed by atoms with Crippen molar-refractivity contribution >= 4 is 113 Å². The third-order valence-corrected chi connectivity index (χ3v) is 16.3. The van der Waals surface area contributed by atoms with Crippen molar-refractivity contribution in [3.63, 3.8) is 0 Å². The first-order chi connectivity index (χ1) is 37.1. The van der Waals surface area contributed by atoms with E-state index in [1.165, 1.54) is 88.5 Å². The number of hydrogen-bond donors (Lipinski definition) is 8. The number of ether oxygens (including phenoxy) is 2. The van der Waals surface area contributed by atoms with Gasteiger partial charge in [0.05, 0.1) is 74.8 Å². The van der Waals surface area contributed by atoms with Crippen LogP contribution in [-0.4, -0.2) is 267 Å². The highest BCUT2D eigenvalue weighted by Crippen LogP contribution is 2.63. The Balaban J connectivity index is 2.71. The van der Waals surface area contributed by atoms with Gasteiger partial charge >= 0.3 is 47.0 Å². The van der Waals surface area contributed by atoms with Crippen LogP contribution in [0.4, 0.5) is 71.5 Å². The average Bonchev–Trinajstić information content (AvgIpc) is 1.11. The summed E-state index contributed by atoms with van der Waals surface area (Å²) in [5, 5.41) is 72.2. The lowest BCUT2D eigenvalue weighted by molar-refractivity contribution is -0.447. The Labute approximate surface area is 494 Å². The lowest BCUT2D eigenvalue weighted by atomic mass is 9.94. The molecular weight excluding hydrogens is 1530 g/mol. The van der Waals surface area contributed by atoms with Crippen LogP contribution < -0.4 is 4.90 Å². The monoisotopic (exact) mass is 1580 g/mol. The lowest BCUT2D eigenvalue weighted by Crippen LogP contribution is -2.74. The van der Waals surface area contributed by atoms with Crippen molar-refractivity contribution in [2.75, 3.05) is 103 Å². The maximum Gasteiger partial charge on any atom is 0.460 e. The number of rotatable bonds is 28. The van der Waals surface area contributed by atoms with E-state index in [-0.39, 0.29) is 10.7 Å². The van der Waals surface area contributed by atoms with E-state index in [0.717, 1.165) is 0 Å². The van der Waals surface area contributed by atoms with Crippen molar-refractivity contribution in [2.24, 2.45) is 0 Å². The molecule has 1 aromatic carbocycles. The molecular formula is C41H51F15I3N5O17S. The van der Waals surface area contributed by atoms with Crippen LogP contribution in [0.15, 0.2) is 0 Å². The van der Waals surface area contributed by atoms with Crippen LogP contribution >= 0.6 is 67.8 Å². The summed E-state index contributed by atoms with van der Waals surface area (Å²) in [5.41, 5.74) is -3.03. The van der Waals surface area contributed by atoms with Crippen LogP contribution in [-0.2, 0) is 33.9 Å². The van der Waals surface area contributed by atoms with E-state index >= 15 is 0 Å². The van der Waals surface area contributed by atoms with Crippen LogP contribution in [0, 0.1) is 10.7 Å². The van der Waals surface area contributed by atoms with Crippen molar-refractivity contribution < 1.29 is 149 Å². The third-order valence-electron chi connectivity index (χ3n) is 11.1. The molecule has 1 saturated heterocycles. The minimum atomic E-state index is -8.78. The molecule has 8 N–H and O–H groups in total. The fourth-order valence-corrected chi connectivity index (χ4v) is 13.0. The van der Waals surface area contributed by atoms with Crippen LogP contribution in [0.25, 0.3) is 0 Å². The molecule has 0 aromatic heterocycles. The zero-order valence-electron chi connectivity index (χ0n) is 42.1. The predicted molar refractivity (Wildman–Crippen MR) is 271 cm³/mol. The Morgan fingerprint density at radius 3 is 1.26 bits per heavy atom. The average molecular weight is 1580 g/mol. The highest BCUT2D eigenvalue weighted by molar-refractivity contribution is 14.1. The summed E-state index contributed by atoms with van der Waals surface area (Å²) in [7, 11) is -7.58. The number of halogens is 18. The molecule has 22 nitrogen and oxygen atoms in total. The van der Waals surface area contributed by atoms with Gasteiger partial charge in [-0.2, -0.15) is 70.2 Å². The van der Waals surface area contributed by atoms with Crippen LogP contribution in [0.5, 0.6) is 0 Å². The second-order valence-corrected chi connectivity index (χ2v) is 23.8. The Hall–Kier alpha value is -2.74. The van der Waals surface area contributed by atoms with E-state index in [2.05, 4.69) is 0 Å². The Morgan fingerprint density at radius 1 is 0.561 bits per heavy atom. The predicted octanol–water partition coefficient (Wildman–Crippen LogP) is 1.29. The molecule has 4 unspecified atom stereocenters. The maximum atomic E-state index is 14.9. The number of amides is 4. The fourth-order valence-electron chi connectivity index (χ4n) is 6.95. The van der Waals surface area contributed by atoms with Gasteiger partial charge in [-0.05, 0) is 88.5 Å². The SMILES string of the molecule is CC(C)(C)OC(=O)CN(C(=O)COCC(=O)N1CCN(S(=O)(=O)C(F)(F)C(F)(F)C(F)(F)C(F)(F)C(F)(F)C(F)(F)C(F)(F)F)CC1)c1c(I)c(C(=O)N(CC(O)CO)CC(O)CO)c(I)c(C(=O)N(CC(O)CO)CC(O)CO)c1I. The van der Waals surface area contributed by atoms with Gasteiger partial charge in [0.15, 0.2) is 0 Å². The summed E-state index contributed by atoms with van der Waals surface area (Å²) >= 11 is 4.42. The standard InChI is InChI=1S/C41H51F15I3N5O17S/c1-34(2,3)81-25(75)12-64(31-29(58)26(32(76)61(8-19(69)13-65)9-20(70)14-66)28(57)27(30(31)59)33(77)62(10-21(71)15-67)11-22(72)16-68)24(74)18-80-17-23(73)60-4-6-63(7-5-60)82(78,79)41(55,56)39(50,51)37(46,47)35(42,43)36(44,45)38(48,49)40(52,53)54/h19-22,65-72H,4-18H2,1-3H3. The molecule has 41 heteroatoms. The highest BCUT2D eigenvalue weighted by Gasteiger charge is 2.94. The van der Waals surface area contributed by atoms with Crippen LogP contribution in [0.3, 0.4) is 0 Å². The van der Waals surface area contributed by atoms with Gasteiger partial charge in [-0.15, -0.1) is 0 Å². The third kappa shape index (κ3) is 16.1. The zero-order valence-corrected chi connectivity index (χ0v) is 49.4. The van der Waals surface area contributed by atoms with Gasteiger partial charge in [0, 0.05) is 55.9 Å². The molecule has 4 amide bonds. The van der Waals surface area contributed by atoms with E-state index in [1.54, 1.807) is 0 Å². The summed E-state index contributed by atoms with van der Waals surface area (Å²) in [4.78, 5) is 72.7. The first kappa shape index (κ1) is 75.4. The Morgan fingerprint density at radius 2 is 0.915 bits per heavy atom. The Bertz CT molecular complexity index is 2480.